The van der Waals surface area contributed by atoms with E-state index in [1.807, 2.05) is 6.07 Å². The van der Waals surface area contributed by atoms with Crippen LogP contribution in [0.2, 0.25) is 0 Å². The fourth-order valence-electron chi connectivity index (χ4n) is 4.05. The molecule has 1 N–H and O–H groups in total. The highest BCUT2D eigenvalue weighted by atomic mass is 32.2. The molecule has 7 nitrogen and oxygen atoms in total. The second-order valence-corrected chi connectivity index (χ2v) is 8.23. The largest absolute Gasteiger partial charge is 0.497 e. The number of benzene rings is 2. The van der Waals surface area contributed by atoms with Gasteiger partial charge in [-0.3, -0.25) is 9.69 Å². The van der Waals surface area contributed by atoms with E-state index in [0.717, 1.165) is 5.56 Å². The summed E-state index contributed by atoms with van der Waals surface area (Å²) >= 11 is 1.32. The minimum atomic E-state index is -1.52. The molecule has 0 aliphatic carbocycles. The van der Waals surface area contributed by atoms with Gasteiger partial charge in [0.1, 0.15) is 5.75 Å². The number of rotatable bonds is 5. The second-order valence-electron chi connectivity index (χ2n) is 7.26. The maximum absolute atomic E-state index is 13.2. The Morgan fingerprint density at radius 3 is 2.42 bits per heavy atom. The van der Waals surface area contributed by atoms with Gasteiger partial charge in [0.05, 0.1) is 43.8 Å². The van der Waals surface area contributed by atoms with Crippen LogP contribution >= 0.6 is 11.8 Å². The highest BCUT2D eigenvalue weighted by Crippen LogP contribution is 2.52. The van der Waals surface area contributed by atoms with Crippen LogP contribution in [0.25, 0.3) is 0 Å². The van der Waals surface area contributed by atoms with Gasteiger partial charge >= 0.3 is 0 Å². The molecular weight excluding hydrogens is 416 g/mol. The molecule has 0 radical (unpaired) electrons. The number of methoxy groups -OCH3 is 3. The molecule has 1 fully saturated rings. The molecule has 2 aromatic rings. The number of thioether (sulfide) groups is 1. The Hall–Kier alpha value is -3.15. The molecule has 2 aromatic carbocycles. The number of carbonyl (C=O) groups is 1. The zero-order valence-electron chi connectivity index (χ0n) is 17.4. The van der Waals surface area contributed by atoms with E-state index in [1.165, 1.54) is 16.7 Å². The Morgan fingerprint density at radius 2 is 1.81 bits per heavy atom. The van der Waals surface area contributed by atoms with Crippen LogP contribution in [0.3, 0.4) is 0 Å². The number of amides is 1. The zero-order chi connectivity index (χ0) is 22.2. The van der Waals surface area contributed by atoms with Crippen molar-refractivity contribution < 1.29 is 24.1 Å². The normalized spacial score (nSPS) is 22.7. The molecular formula is C23H22N2O5S. The van der Waals surface area contributed by atoms with Crippen LogP contribution < -0.4 is 14.2 Å². The molecule has 1 amide bonds. The minimum absolute atomic E-state index is 0.0703. The summed E-state index contributed by atoms with van der Waals surface area (Å²) in [5.74, 6) is 1.34. The van der Waals surface area contributed by atoms with Gasteiger partial charge in [0.25, 0.3) is 0 Å². The third-order valence-corrected chi connectivity index (χ3v) is 6.90. The fraction of sp³-hybridized carbons (Fsp3) is 0.304. The first-order valence-corrected chi connectivity index (χ1v) is 10.6. The van der Waals surface area contributed by atoms with E-state index in [-0.39, 0.29) is 18.1 Å². The van der Waals surface area contributed by atoms with Crippen molar-refractivity contribution in [3.8, 4) is 23.3 Å². The van der Waals surface area contributed by atoms with Gasteiger partial charge in [-0.2, -0.15) is 5.26 Å². The number of ether oxygens (including phenoxy) is 3. The summed E-state index contributed by atoms with van der Waals surface area (Å²) in [4.78, 5) is 14.6. The van der Waals surface area contributed by atoms with Crippen LogP contribution in [-0.2, 0) is 10.5 Å². The summed E-state index contributed by atoms with van der Waals surface area (Å²) < 4.78 is 15.9. The number of aliphatic hydroxyl groups is 1. The molecule has 8 heteroatoms. The molecule has 4 rings (SSSR count). The summed E-state index contributed by atoms with van der Waals surface area (Å²) in [7, 11) is 4.66. The van der Waals surface area contributed by atoms with Crippen molar-refractivity contribution in [1.29, 1.82) is 5.26 Å². The summed E-state index contributed by atoms with van der Waals surface area (Å²) in [6, 6.07) is 14.6. The van der Waals surface area contributed by atoms with E-state index in [9.17, 15) is 15.2 Å². The molecule has 160 valence electrons. The third-order valence-electron chi connectivity index (χ3n) is 5.67. The second kappa shape index (κ2) is 8.17. The molecule has 1 saturated heterocycles. The average molecular weight is 439 g/mol. The zero-order valence-corrected chi connectivity index (χ0v) is 18.2. The molecule has 0 saturated carbocycles. The van der Waals surface area contributed by atoms with Crippen LogP contribution in [0.1, 0.15) is 23.5 Å². The summed E-state index contributed by atoms with van der Waals surface area (Å²) in [6.45, 7) is 0. The van der Waals surface area contributed by atoms with Gasteiger partial charge in [-0.25, -0.2) is 0 Å². The highest BCUT2D eigenvalue weighted by molar-refractivity contribution is 8.03. The standard InChI is InChI=1S/C23H22N2O5S/c1-28-16-7-5-15(6-8-16)23(27)13-31-22-18(12-24)17(11-21(26)25(22)23)14-4-9-19(29-2)20(10-14)30-3/h4-10,17,27H,11,13H2,1-3H3/t17-,23-/m0/s1. The van der Waals surface area contributed by atoms with Gasteiger partial charge in [-0.1, -0.05) is 18.2 Å². The highest BCUT2D eigenvalue weighted by Gasteiger charge is 2.51. The number of allylic oxidation sites excluding steroid dienone is 1. The molecule has 31 heavy (non-hydrogen) atoms. The van der Waals surface area contributed by atoms with Crippen LogP contribution in [0.5, 0.6) is 17.2 Å². The van der Waals surface area contributed by atoms with Crippen LogP contribution in [-0.4, -0.2) is 43.0 Å². The molecule has 2 aliphatic rings. The van der Waals surface area contributed by atoms with Crippen molar-refractivity contribution >= 4 is 17.7 Å². The smallest absolute Gasteiger partial charge is 0.231 e. The molecule has 0 bridgehead atoms. The molecule has 0 aromatic heterocycles. The fourth-order valence-corrected chi connectivity index (χ4v) is 5.41. The molecule has 2 aliphatic heterocycles. The van der Waals surface area contributed by atoms with Gasteiger partial charge < -0.3 is 19.3 Å². The van der Waals surface area contributed by atoms with E-state index in [1.54, 1.807) is 57.7 Å². The van der Waals surface area contributed by atoms with Gasteiger partial charge in [-0.15, -0.1) is 11.8 Å². The van der Waals surface area contributed by atoms with E-state index in [0.29, 0.717) is 33.4 Å². The topological polar surface area (TPSA) is 92.0 Å². The number of hydrogen-bond acceptors (Lipinski definition) is 7. The van der Waals surface area contributed by atoms with Gasteiger partial charge in [0.15, 0.2) is 17.2 Å². The van der Waals surface area contributed by atoms with Crippen molar-refractivity contribution in [1.82, 2.24) is 4.90 Å². The predicted octanol–water partition coefficient (Wildman–Crippen LogP) is 3.36. The Labute approximate surface area is 184 Å². The van der Waals surface area contributed by atoms with E-state index in [4.69, 9.17) is 14.2 Å². The average Bonchev–Trinajstić information content (AvgIpc) is 3.17. The first-order chi connectivity index (χ1) is 15.0. The van der Waals surface area contributed by atoms with Crippen molar-refractivity contribution in [3.63, 3.8) is 0 Å². The summed E-state index contributed by atoms with van der Waals surface area (Å²) in [5, 5.41) is 22.0. The van der Waals surface area contributed by atoms with E-state index < -0.39 is 11.6 Å². The lowest BCUT2D eigenvalue weighted by Gasteiger charge is -2.38. The maximum Gasteiger partial charge on any atom is 0.231 e. The first-order valence-electron chi connectivity index (χ1n) is 9.65. The first kappa shape index (κ1) is 21.1. The monoisotopic (exact) mass is 438 g/mol. The number of hydrogen-bond donors (Lipinski definition) is 1. The Balaban J connectivity index is 1.76. The Bertz CT molecular complexity index is 1090. The maximum atomic E-state index is 13.2. The molecule has 0 spiro atoms. The van der Waals surface area contributed by atoms with Crippen molar-refractivity contribution in [3.05, 3.63) is 64.2 Å². The van der Waals surface area contributed by atoms with Crippen LogP contribution in [0.15, 0.2) is 53.1 Å². The van der Waals surface area contributed by atoms with Crippen molar-refractivity contribution in [2.24, 2.45) is 0 Å². The number of nitriles is 1. The number of nitrogens with zero attached hydrogens (tertiary/aromatic N) is 2. The Morgan fingerprint density at radius 1 is 1.10 bits per heavy atom. The predicted molar refractivity (Wildman–Crippen MR) is 116 cm³/mol. The summed E-state index contributed by atoms with van der Waals surface area (Å²) in [5.41, 5.74) is 0.302. The minimum Gasteiger partial charge on any atom is -0.497 e. The van der Waals surface area contributed by atoms with Crippen molar-refractivity contribution in [2.45, 2.75) is 18.1 Å². The molecule has 0 unspecified atom stereocenters. The quantitative estimate of drug-likeness (QED) is 0.765. The molecule has 2 atom stereocenters. The number of fused-ring (bicyclic) bond motifs is 1. The van der Waals surface area contributed by atoms with E-state index >= 15 is 0 Å². The lowest BCUT2D eigenvalue weighted by molar-refractivity contribution is -0.149. The van der Waals surface area contributed by atoms with Gasteiger partial charge in [0.2, 0.25) is 5.91 Å². The SMILES string of the molecule is COc1ccc([C@@]2(O)CSC3=C(C#N)[C@H](c4ccc(OC)c(OC)c4)CC(=O)N32)cc1. The van der Waals surface area contributed by atoms with Gasteiger partial charge in [0, 0.05) is 17.9 Å². The lowest BCUT2D eigenvalue weighted by Crippen LogP contribution is -2.48. The van der Waals surface area contributed by atoms with Crippen molar-refractivity contribution in [2.75, 3.05) is 27.1 Å². The van der Waals surface area contributed by atoms with Crippen LogP contribution in [0.4, 0.5) is 0 Å². The van der Waals surface area contributed by atoms with Gasteiger partial charge in [-0.05, 0) is 29.8 Å². The summed E-state index contributed by atoms with van der Waals surface area (Å²) in [6.07, 6.45) is 0.0703. The number of carbonyl (C=O) groups excluding carboxylic acids is 1. The van der Waals surface area contributed by atoms with E-state index in [2.05, 4.69) is 6.07 Å². The lowest BCUT2D eigenvalue weighted by atomic mass is 9.85. The molecule has 2 heterocycles. The Kier molecular flexibility index (Phi) is 5.56. The third kappa shape index (κ3) is 3.40. The van der Waals surface area contributed by atoms with Crippen LogP contribution in [0, 0.1) is 11.3 Å².